The first-order valence-electron chi connectivity index (χ1n) is 9.96. The third kappa shape index (κ3) is 5.08. The zero-order valence-electron chi connectivity index (χ0n) is 17.4. The van der Waals surface area contributed by atoms with E-state index in [1.807, 2.05) is 7.05 Å². The van der Waals surface area contributed by atoms with Crippen LogP contribution in [0.25, 0.3) is 0 Å². The molecule has 2 aromatic rings. The summed E-state index contributed by atoms with van der Waals surface area (Å²) in [5.41, 5.74) is 0.983. The molecule has 1 N–H and O–H groups in total. The molecule has 4 rings (SSSR count). The average Bonchev–Trinajstić information content (AvgIpc) is 3.15. The van der Waals surface area contributed by atoms with E-state index in [-0.39, 0.29) is 24.5 Å². The van der Waals surface area contributed by atoms with Gasteiger partial charge in [0.25, 0.3) is 0 Å². The third-order valence-electron chi connectivity index (χ3n) is 5.46. The zero-order valence-corrected chi connectivity index (χ0v) is 19.1. The van der Waals surface area contributed by atoms with E-state index in [1.54, 1.807) is 4.90 Å². The Morgan fingerprint density at radius 2 is 1.91 bits per heavy atom. The molecular formula is C19H21F3N4O5S2. The van der Waals surface area contributed by atoms with Crippen LogP contribution in [0.4, 0.5) is 18.3 Å². The van der Waals surface area contributed by atoms with Crippen molar-refractivity contribution >= 4 is 32.5 Å². The van der Waals surface area contributed by atoms with Gasteiger partial charge in [0.1, 0.15) is 11.8 Å². The second kappa shape index (κ2) is 8.74. The van der Waals surface area contributed by atoms with E-state index in [4.69, 9.17) is 0 Å². The maximum atomic E-state index is 13.1. The van der Waals surface area contributed by atoms with Gasteiger partial charge in [-0.1, -0.05) is 0 Å². The molecule has 33 heavy (non-hydrogen) atoms. The van der Waals surface area contributed by atoms with Crippen LogP contribution < -0.4 is 9.64 Å². The van der Waals surface area contributed by atoms with Crippen LogP contribution in [0.2, 0.25) is 0 Å². The minimum Gasteiger partial charge on any atom is -0.480 e. The van der Waals surface area contributed by atoms with Crippen molar-refractivity contribution in [2.75, 3.05) is 38.1 Å². The van der Waals surface area contributed by atoms with Crippen LogP contribution in [-0.4, -0.2) is 79.3 Å². The van der Waals surface area contributed by atoms with Crippen LogP contribution in [0.15, 0.2) is 29.2 Å². The minimum absolute atomic E-state index is 0.0912. The van der Waals surface area contributed by atoms with Gasteiger partial charge in [-0.05, 0) is 31.3 Å². The van der Waals surface area contributed by atoms with E-state index < -0.39 is 34.1 Å². The highest BCUT2D eigenvalue weighted by Crippen LogP contribution is 2.33. The lowest BCUT2D eigenvalue weighted by atomic mass is 10.2. The molecular weight excluding hydrogens is 485 g/mol. The number of anilines is 1. The second-order valence-corrected chi connectivity index (χ2v) is 10.7. The molecule has 2 aliphatic heterocycles. The number of carboxylic acids is 1. The van der Waals surface area contributed by atoms with E-state index >= 15 is 0 Å². The molecule has 0 aliphatic carbocycles. The molecule has 1 saturated heterocycles. The van der Waals surface area contributed by atoms with Crippen molar-refractivity contribution in [3.63, 3.8) is 0 Å². The number of nitrogens with zero attached hydrogens (tertiary/aromatic N) is 4. The zero-order chi connectivity index (χ0) is 24.0. The van der Waals surface area contributed by atoms with Gasteiger partial charge in [0.15, 0.2) is 5.13 Å². The Kier molecular flexibility index (Phi) is 6.28. The van der Waals surface area contributed by atoms with E-state index in [9.17, 15) is 31.5 Å². The number of hydrogen-bond donors (Lipinski definition) is 1. The Morgan fingerprint density at radius 3 is 2.55 bits per heavy atom. The van der Waals surface area contributed by atoms with Crippen LogP contribution in [0.1, 0.15) is 10.6 Å². The lowest BCUT2D eigenvalue weighted by Crippen LogP contribution is -2.58. The molecule has 1 fully saturated rings. The summed E-state index contributed by atoms with van der Waals surface area (Å²) in [6, 6.07) is 2.31. The Hall–Kier alpha value is -2.42. The highest BCUT2D eigenvalue weighted by Gasteiger charge is 2.41. The number of carboxylic acid groups (broad SMARTS) is 1. The number of ether oxygens (including phenoxy) is 1. The quantitative estimate of drug-likeness (QED) is 0.657. The number of thiazole rings is 1. The molecule has 0 unspecified atom stereocenters. The van der Waals surface area contributed by atoms with Crippen LogP contribution in [0.3, 0.4) is 0 Å². The molecule has 0 amide bonds. The fourth-order valence-corrected chi connectivity index (χ4v) is 6.61. The number of aromatic nitrogens is 1. The number of benzene rings is 1. The highest BCUT2D eigenvalue weighted by atomic mass is 32.2. The maximum absolute atomic E-state index is 13.1. The maximum Gasteiger partial charge on any atom is 0.573 e. The number of piperazine rings is 1. The number of sulfonamides is 1. The van der Waals surface area contributed by atoms with Crippen molar-refractivity contribution in [1.29, 1.82) is 0 Å². The van der Waals surface area contributed by atoms with E-state index in [1.165, 1.54) is 11.3 Å². The number of halogens is 3. The molecule has 2 aliphatic rings. The summed E-state index contributed by atoms with van der Waals surface area (Å²) in [7, 11) is -2.26. The van der Waals surface area contributed by atoms with Crippen molar-refractivity contribution in [2.45, 2.75) is 30.3 Å². The summed E-state index contributed by atoms with van der Waals surface area (Å²) in [5, 5.41) is 10.4. The van der Waals surface area contributed by atoms with Crippen LogP contribution in [0.5, 0.6) is 5.75 Å². The van der Waals surface area contributed by atoms with Gasteiger partial charge in [0.05, 0.1) is 10.6 Å². The Bertz CT molecular complexity index is 1140. The molecule has 1 aromatic heterocycles. The Labute approximate surface area is 192 Å². The molecule has 0 spiro atoms. The predicted octanol–water partition coefficient (Wildman–Crippen LogP) is 1.99. The molecule has 1 aromatic carbocycles. The van der Waals surface area contributed by atoms with E-state index in [0.29, 0.717) is 5.13 Å². The monoisotopic (exact) mass is 506 g/mol. The van der Waals surface area contributed by atoms with Crippen molar-refractivity contribution in [3.05, 3.63) is 34.8 Å². The van der Waals surface area contributed by atoms with E-state index in [2.05, 4.69) is 14.6 Å². The Balaban J connectivity index is 1.53. The van der Waals surface area contributed by atoms with Gasteiger partial charge in [0, 0.05) is 44.0 Å². The fourth-order valence-electron chi connectivity index (χ4n) is 3.82. The number of likely N-dealkylation sites (N-methyl/N-ethyl adjacent to an activating group) is 1. The van der Waals surface area contributed by atoms with Gasteiger partial charge in [-0.15, -0.1) is 24.5 Å². The predicted molar refractivity (Wildman–Crippen MR) is 113 cm³/mol. The van der Waals surface area contributed by atoms with Gasteiger partial charge >= 0.3 is 12.3 Å². The summed E-state index contributed by atoms with van der Waals surface area (Å²) in [4.78, 5) is 21.3. The largest absolute Gasteiger partial charge is 0.573 e. The second-order valence-electron chi connectivity index (χ2n) is 7.79. The molecule has 14 heteroatoms. The highest BCUT2D eigenvalue weighted by molar-refractivity contribution is 7.89. The summed E-state index contributed by atoms with van der Waals surface area (Å²) in [6.45, 7) is 1.68. The SMILES string of the molecule is CN1CCc2nc(N3CCN(S(=O)(=O)c4ccc(OC(F)(F)F)cc4)[C@@H](C(=O)O)C3)sc2C1. The van der Waals surface area contributed by atoms with Gasteiger partial charge in [-0.3, -0.25) is 4.79 Å². The van der Waals surface area contributed by atoms with Gasteiger partial charge in [-0.25, -0.2) is 13.4 Å². The number of hydrogen-bond acceptors (Lipinski definition) is 8. The number of alkyl halides is 3. The Morgan fingerprint density at radius 1 is 1.21 bits per heavy atom. The third-order valence-corrected chi connectivity index (χ3v) is 8.53. The summed E-state index contributed by atoms with van der Waals surface area (Å²) < 4.78 is 67.9. The molecule has 0 saturated carbocycles. The molecule has 9 nitrogen and oxygen atoms in total. The van der Waals surface area contributed by atoms with Gasteiger partial charge in [0.2, 0.25) is 10.0 Å². The molecule has 1 atom stereocenters. The van der Waals surface area contributed by atoms with Crippen molar-refractivity contribution < 1.29 is 36.2 Å². The van der Waals surface area contributed by atoms with Crippen molar-refractivity contribution in [3.8, 4) is 5.75 Å². The van der Waals surface area contributed by atoms with Crippen LogP contribution in [0, 0.1) is 0 Å². The minimum atomic E-state index is -4.91. The first kappa shape index (κ1) is 23.7. The first-order valence-corrected chi connectivity index (χ1v) is 12.2. The molecule has 3 heterocycles. The topological polar surface area (TPSA) is 103 Å². The molecule has 0 bridgehead atoms. The van der Waals surface area contributed by atoms with Gasteiger partial charge < -0.3 is 19.6 Å². The summed E-state index contributed by atoms with van der Waals surface area (Å²) in [5.74, 6) is -1.89. The lowest BCUT2D eigenvalue weighted by molar-refractivity contribution is -0.274. The van der Waals surface area contributed by atoms with Crippen molar-refractivity contribution in [1.82, 2.24) is 14.2 Å². The van der Waals surface area contributed by atoms with Crippen molar-refractivity contribution in [2.24, 2.45) is 0 Å². The summed E-state index contributed by atoms with van der Waals surface area (Å²) >= 11 is 1.48. The number of carbonyl (C=O) groups is 1. The number of aliphatic carboxylic acids is 1. The summed E-state index contributed by atoms with van der Waals surface area (Å²) in [6.07, 6.45) is -4.11. The van der Waals surface area contributed by atoms with E-state index in [0.717, 1.165) is 58.7 Å². The molecule has 0 radical (unpaired) electrons. The standard InChI is InChI=1S/C19H21F3N4O5S2/c1-24-7-6-14-16(11-24)32-18(23-14)25-8-9-26(15(10-25)17(27)28)33(29,30)13-4-2-12(3-5-13)31-19(20,21)22/h2-5,15H,6-11H2,1H3,(H,27,28)/t15-/m1/s1. The molecule has 180 valence electrons. The average molecular weight is 507 g/mol. The normalized spacial score (nSPS) is 20.5. The first-order chi connectivity index (χ1) is 15.4. The number of rotatable bonds is 5. The number of fused-ring (bicyclic) bond motifs is 1. The smallest absolute Gasteiger partial charge is 0.480 e. The fraction of sp³-hybridized carbons (Fsp3) is 0.474. The van der Waals surface area contributed by atoms with Crippen LogP contribution >= 0.6 is 11.3 Å². The lowest BCUT2D eigenvalue weighted by Gasteiger charge is -2.38. The van der Waals surface area contributed by atoms with Crippen LogP contribution in [-0.2, 0) is 27.8 Å². The van der Waals surface area contributed by atoms with Gasteiger partial charge in [-0.2, -0.15) is 4.31 Å².